The molecule has 10 heteroatoms. The summed E-state index contributed by atoms with van der Waals surface area (Å²) in [5.74, 6) is -1.55. The Bertz CT molecular complexity index is 1120. The first-order chi connectivity index (χ1) is 18.0. The van der Waals surface area contributed by atoms with E-state index in [2.05, 4.69) is 10.3 Å². The van der Waals surface area contributed by atoms with Gasteiger partial charge >= 0.3 is 5.97 Å². The number of esters is 1. The van der Waals surface area contributed by atoms with Crippen molar-refractivity contribution in [3.63, 3.8) is 0 Å². The highest BCUT2D eigenvalue weighted by Gasteiger charge is 2.38. The second-order valence-electron chi connectivity index (χ2n) is 10.2. The lowest BCUT2D eigenvalue weighted by atomic mass is 9.94. The highest BCUT2D eigenvalue weighted by molar-refractivity contribution is 7.09. The molecule has 0 saturated carbocycles. The van der Waals surface area contributed by atoms with Crippen LogP contribution < -0.4 is 5.32 Å². The fourth-order valence-corrected chi connectivity index (χ4v) is 5.46. The molecule has 1 fully saturated rings. The molecule has 2 aliphatic heterocycles. The lowest BCUT2D eigenvalue weighted by Gasteiger charge is -2.29. The number of allylic oxidation sites excluding steroid dienone is 2. The number of carbonyl (C=O) groups excluding carboxylic acids is 4. The average Bonchev–Trinajstić information content (AvgIpc) is 3.52. The van der Waals surface area contributed by atoms with Crippen molar-refractivity contribution in [2.75, 3.05) is 13.1 Å². The Hall–Kier alpha value is -3.11. The van der Waals surface area contributed by atoms with Gasteiger partial charge in [-0.3, -0.25) is 14.4 Å². The number of Topliss-reactive ketones (excluding diaryl/α,β-unsaturated/α-hetero) is 1. The molecule has 2 aliphatic rings. The predicted molar refractivity (Wildman–Crippen MR) is 144 cm³/mol. The molecule has 206 valence electrons. The molecule has 1 saturated heterocycles. The van der Waals surface area contributed by atoms with E-state index in [0.29, 0.717) is 24.4 Å². The van der Waals surface area contributed by atoms with Gasteiger partial charge in [0.05, 0.1) is 12.5 Å². The number of ether oxygens (including phenoxy) is 1. The van der Waals surface area contributed by atoms with E-state index in [1.54, 1.807) is 36.6 Å². The van der Waals surface area contributed by atoms with Crippen LogP contribution in [0.5, 0.6) is 0 Å². The summed E-state index contributed by atoms with van der Waals surface area (Å²) < 4.78 is 5.90. The molecule has 2 bridgehead atoms. The molecule has 1 aromatic heterocycles. The van der Waals surface area contributed by atoms with Crippen LogP contribution in [0.3, 0.4) is 0 Å². The summed E-state index contributed by atoms with van der Waals surface area (Å²) in [6.45, 7) is 8.28. The number of hydrogen-bond acceptors (Lipinski definition) is 8. The summed E-state index contributed by atoms with van der Waals surface area (Å²) in [6, 6.07) is -0.714. The third kappa shape index (κ3) is 8.19. The van der Waals surface area contributed by atoms with Crippen molar-refractivity contribution >= 4 is 34.9 Å². The lowest BCUT2D eigenvalue weighted by Crippen LogP contribution is -2.44. The smallest absolute Gasteiger partial charge is 0.329 e. The summed E-state index contributed by atoms with van der Waals surface area (Å²) in [6.07, 6.45) is 7.92. The Morgan fingerprint density at radius 3 is 2.71 bits per heavy atom. The third-order valence-electron chi connectivity index (χ3n) is 6.55. The van der Waals surface area contributed by atoms with Gasteiger partial charge in [0.15, 0.2) is 0 Å². The monoisotopic (exact) mass is 543 g/mol. The SMILES string of the molecule is CC1=C\C(O)CC(=O)Cc2nc(cs2)C(=O)N2CCCC2C(=O)OC(C(C)C)C(C)/C=C/C(=O)NC\C=C\1. The molecule has 0 aromatic carbocycles. The van der Waals surface area contributed by atoms with Crippen LogP contribution in [0.1, 0.15) is 62.5 Å². The molecule has 2 N–H and O–H groups in total. The Balaban J connectivity index is 1.85. The van der Waals surface area contributed by atoms with Crippen LogP contribution in [-0.2, 0) is 25.5 Å². The third-order valence-corrected chi connectivity index (χ3v) is 7.40. The largest absolute Gasteiger partial charge is 0.460 e. The van der Waals surface area contributed by atoms with Gasteiger partial charge in [-0.2, -0.15) is 0 Å². The maximum absolute atomic E-state index is 13.2. The first-order valence-corrected chi connectivity index (χ1v) is 13.9. The van der Waals surface area contributed by atoms with Crippen LogP contribution >= 0.6 is 11.3 Å². The van der Waals surface area contributed by atoms with Crippen molar-refractivity contribution in [1.29, 1.82) is 0 Å². The van der Waals surface area contributed by atoms with Crippen LogP contribution in [0.25, 0.3) is 0 Å². The number of amides is 2. The lowest BCUT2D eigenvalue weighted by molar-refractivity contribution is -0.158. The topological polar surface area (TPSA) is 126 Å². The molecule has 38 heavy (non-hydrogen) atoms. The zero-order valence-electron chi connectivity index (χ0n) is 22.4. The van der Waals surface area contributed by atoms with Gasteiger partial charge in [-0.25, -0.2) is 9.78 Å². The summed E-state index contributed by atoms with van der Waals surface area (Å²) in [5, 5.41) is 15.1. The van der Waals surface area contributed by atoms with E-state index >= 15 is 0 Å². The maximum Gasteiger partial charge on any atom is 0.329 e. The summed E-state index contributed by atoms with van der Waals surface area (Å²) >= 11 is 1.21. The van der Waals surface area contributed by atoms with Gasteiger partial charge in [-0.15, -0.1) is 11.3 Å². The predicted octanol–water partition coefficient (Wildman–Crippen LogP) is 3.00. The molecular weight excluding hydrogens is 506 g/mol. The molecule has 0 aliphatic carbocycles. The summed E-state index contributed by atoms with van der Waals surface area (Å²) in [7, 11) is 0. The van der Waals surface area contributed by atoms with E-state index in [1.807, 2.05) is 20.8 Å². The van der Waals surface area contributed by atoms with Crippen molar-refractivity contribution in [3.8, 4) is 0 Å². The van der Waals surface area contributed by atoms with Crippen molar-refractivity contribution < 1.29 is 29.0 Å². The van der Waals surface area contributed by atoms with E-state index in [9.17, 15) is 24.3 Å². The van der Waals surface area contributed by atoms with Crippen molar-refractivity contribution in [1.82, 2.24) is 15.2 Å². The highest BCUT2D eigenvalue weighted by atomic mass is 32.1. The second-order valence-corrected chi connectivity index (χ2v) is 11.1. The van der Waals surface area contributed by atoms with Gasteiger partial charge in [-0.1, -0.05) is 50.6 Å². The van der Waals surface area contributed by atoms with E-state index in [-0.39, 0.29) is 54.5 Å². The molecule has 4 atom stereocenters. The van der Waals surface area contributed by atoms with E-state index < -0.39 is 24.2 Å². The Morgan fingerprint density at radius 1 is 1.21 bits per heavy atom. The molecule has 9 nitrogen and oxygen atoms in total. The number of nitrogens with one attached hydrogen (secondary N) is 1. The number of aromatic nitrogens is 1. The first-order valence-electron chi connectivity index (χ1n) is 13.0. The number of rotatable bonds is 1. The van der Waals surface area contributed by atoms with Crippen molar-refractivity contribution in [3.05, 3.63) is 52.0 Å². The first kappa shape index (κ1) is 29.4. The zero-order chi connectivity index (χ0) is 27.8. The molecule has 2 amide bonds. The molecule has 3 heterocycles. The van der Waals surface area contributed by atoms with Gasteiger partial charge in [0, 0.05) is 30.8 Å². The number of nitrogens with zero attached hydrogens (tertiary/aromatic N) is 2. The summed E-state index contributed by atoms with van der Waals surface area (Å²) in [5.41, 5.74) is 0.950. The Kier molecular flexibility index (Phi) is 10.6. The number of thiazole rings is 1. The van der Waals surface area contributed by atoms with Gasteiger partial charge in [-0.05, 0) is 31.8 Å². The number of fused-ring (bicyclic) bond motifs is 3. The van der Waals surface area contributed by atoms with E-state index in [1.165, 1.54) is 22.3 Å². The number of aliphatic hydroxyl groups is 1. The van der Waals surface area contributed by atoms with Crippen LogP contribution in [0, 0.1) is 11.8 Å². The molecule has 0 radical (unpaired) electrons. The van der Waals surface area contributed by atoms with Crippen LogP contribution in [0.15, 0.2) is 41.3 Å². The van der Waals surface area contributed by atoms with Gasteiger partial charge < -0.3 is 20.1 Å². The maximum atomic E-state index is 13.2. The molecule has 3 rings (SSSR count). The Morgan fingerprint density at radius 2 is 1.97 bits per heavy atom. The molecular formula is C28H37N3O6S. The number of ketones is 1. The second kappa shape index (κ2) is 13.6. The fourth-order valence-electron chi connectivity index (χ4n) is 4.66. The fraction of sp³-hybridized carbons (Fsp3) is 0.536. The van der Waals surface area contributed by atoms with Crippen molar-refractivity contribution in [2.45, 2.75) is 71.6 Å². The van der Waals surface area contributed by atoms with E-state index in [0.717, 1.165) is 5.57 Å². The minimum Gasteiger partial charge on any atom is -0.460 e. The number of aliphatic hydroxyl groups excluding tert-OH is 1. The van der Waals surface area contributed by atoms with Crippen LogP contribution in [-0.4, -0.2) is 69.9 Å². The van der Waals surface area contributed by atoms with Gasteiger partial charge in [0.2, 0.25) is 5.91 Å². The van der Waals surface area contributed by atoms with Crippen LogP contribution in [0.2, 0.25) is 0 Å². The quantitative estimate of drug-likeness (QED) is 0.522. The van der Waals surface area contributed by atoms with Crippen LogP contribution in [0.4, 0.5) is 0 Å². The zero-order valence-corrected chi connectivity index (χ0v) is 23.2. The van der Waals surface area contributed by atoms with Crippen molar-refractivity contribution in [2.24, 2.45) is 11.8 Å². The minimum atomic E-state index is -0.959. The summed E-state index contributed by atoms with van der Waals surface area (Å²) in [4.78, 5) is 57.0. The van der Waals surface area contributed by atoms with Gasteiger partial charge in [0.25, 0.3) is 5.91 Å². The average molecular weight is 544 g/mol. The normalized spacial score (nSPS) is 29.7. The molecule has 1 aromatic rings. The molecule has 0 spiro atoms. The number of cyclic esters (lactones) is 1. The minimum absolute atomic E-state index is 0.00613. The Labute approximate surface area is 227 Å². The number of hydrogen-bond donors (Lipinski definition) is 2. The highest BCUT2D eigenvalue weighted by Crippen LogP contribution is 2.26. The van der Waals surface area contributed by atoms with Gasteiger partial charge in [0.1, 0.15) is 28.6 Å². The van der Waals surface area contributed by atoms with E-state index in [4.69, 9.17) is 4.74 Å². The standard InChI is InChI=1S/C28H37N3O6S/c1-17(2)26-19(4)9-10-24(34)29-11-5-7-18(3)13-20(32)14-21(33)15-25-30-22(16-38-25)27(35)31-12-6-8-23(31)28(36)37-26/h5,7,9-10,13,16-17,19-20,23,26,32H,6,8,11-12,14-15H2,1-4H3,(H,29,34)/b7-5+,10-9+,18-13+. The number of carbonyl (C=O) groups is 4. The molecule has 4 unspecified atom stereocenters.